The third kappa shape index (κ3) is 4.74. The average Bonchev–Trinajstić information content (AvgIpc) is 3.14. The number of halogens is 1. The second-order valence-electron chi connectivity index (χ2n) is 7.81. The molecule has 3 rings (SSSR count). The maximum absolute atomic E-state index is 13.4. The van der Waals surface area contributed by atoms with Gasteiger partial charge >= 0.3 is 5.97 Å². The van der Waals surface area contributed by atoms with Crippen molar-refractivity contribution >= 4 is 17.6 Å². The van der Waals surface area contributed by atoms with Gasteiger partial charge in [0.1, 0.15) is 5.82 Å². The number of nitrogens with one attached hydrogen (secondary N) is 1. The van der Waals surface area contributed by atoms with Gasteiger partial charge in [-0.2, -0.15) is 5.10 Å². The second-order valence-corrected chi connectivity index (χ2v) is 7.81. The van der Waals surface area contributed by atoms with Crippen LogP contribution in [0.15, 0.2) is 54.6 Å². The van der Waals surface area contributed by atoms with Gasteiger partial charge < -0.3 is 10.1 Å². The molecule has 156 valence electrons. The predicted molar refractivity (Wildman–Crippen MR) is 113 cm³/mol. The van der Waals surface area contributed by atoms with Crippen LogP contribution in [0.4, 0.5) is 10.1 Å². The molecule has 30 heavy (non-hydrogen) atoms. The number of hydrogen-bond donors (Lipinski definition) is 1. The predicted octanol–water partition coefficient (Wildman–Crippen LogP) is 4.84. The highest BCUT2D eigenvalue weighted by atomic mass is 19.1. The molecule has 0 bridgehead atoms. The standard InChI is InChI=1S/C23H24FN3O3/c1-5-30-21(28)19-14-20(27(26-19)18-11-9-16(24)10-12-18)15-7-6-8-17(13-15)25-22(29)23(2,3)4/h6-14H,5H2,1-4H3,(H,25,29). The monoisotopic (exact) mass is 409 g/mol. The molecule has 0 saturated heterocycles. The Morgan fingerprint density at radius 2 is 1.80 bits per heavy atom. The molecule has 0 radical (unpaired) electrons. The highest BCUT2D eigenvalue weighted by Crippen LogP contribution is 2.28. The van der Waals surface area contributed by atoms with Gasteiger partial charge in [-0.15, -0.1) is 0 Å². The molecular formula is C23H24FN3O3. The van der Waals surface area contributed by atoms with Crippen molar-refractivity contribution in [1.29, 1.82) is 0 Å². The number of benzene rings is 2. The quantitative estimate of drug-likeness (QED) is 0.612. The van der Waals surface area contributed by atoms with Crippen molar-refractivity contribution in [3.8, 4) is 16.9 Å². The van der Waals surface area contributed by atoms with Crippen molar-refractivity contribution in [2.75, 3.05) is 11.9 Å². The fourth-order valence-electron chi connectivity index (χ4n) is 2.75. The van der Waals surface area contributed by atoms with Crippen LogP contribution >= 0.6 is 0 Å². The highest BCUT2D eigenvalue weighted by molar-refractivity contribution is 5.95. The van der Waals surface area contributed by atoms with E-state index in [2.05, 4.69) is 10.4 Å². The van der Waals surface area contributed by atoms with Gasteiger partial charge in [0.15, 0.2) is 5.69 Å². The number of rotatable bonds is 5. The summed E-state index contributed by atoms with van der Waals surface area (Å²) < 4.78 is 20.0. The smallest absolute Gasteiger partial charge is 0.358 e. The Labute approximate surface area is 174 Å². The van der Waals surface area contributed by atoms with Crippen LogP contribution < -0.4 is 5.32 Å². The molecule has 0 saturated carbocycles. The topological polar surface area (TPSA) is 73.2 Å². The Morgan fingerprint density at radius 3 is 2.43 bits per heavy atom. The Bertz CT molecular complexity index is 1070. The van der Waals surface area contributed by atoms with Gasteiger partial charge in [-0.3, -0.25) is 4.79 Å². The Hall–Kier alpha value is -3.48. The number of carbonyl (C=O) groups excluding carboxylic acids is 2. The van der Waals surface area contributed by atoms with Gasteiger partial charge in [0, 0.05) is 16.7 Å². The summed E-state index contributed by atoms with van der Waals surface area (Å²) in [6, 6.07) is 14.7. The summed E-state index contributed by atoms with van der Waals surface area (Å²) in [4.78, 5) is 24.6. The minimum atomic E-state index is -0.545. The van der Waals surface area contributed by atoms with Crippen molar-refractivity contribution in [1.82, 2.24) is 9.78 Å². The van der Waals surface area contributed by atoms with Gasteiger partial charge in [-0.1, -0.05) is 32.9 Å². The summed E-state index contributed by atoms with van der Waals surface area (Å²) in [7, 11) is 0. The van der Waals surface area contributed by atoms with Crippen molar-refractivity contribution in [2.45, 2.75) is 27.7 Å². The first-order valence-electron chi connectivity index (χ1n) is 9.64. The van der Waals surface area contributed by atoms with E-state index in [-0.39, 0.29) is 24.0 Å². The molecule has 3 aromatic rings. The maximum Gasteiger partial charge on any atom is 0.358 e. The summed E-state index contributed by atoms with van der Waals surface area (Å²) >= 11 is 0. The number of carbonyl (C=O) groups is 2. The second kappa shape index (κ2) is 8.49. The summed E-state index contributed by atoms with van der Waals surface area (Å²) in [5.74, 6) is -1.03. The first-order valence-corrected chi connectivity index (χ1v) is 9.64. The van der Waals surface area contributed by atoms with E-state index in [1.54, 1.807) is 48.0 Å². The van der Waals surface area contributed by atoms with Crippen molar-refractivity contribution in [2.24, 2.45) is 5.41 Å². The van der Waals surface area contributed by atoms with Crippen LogP contribution in [0.2, 0.25) is 0 Å². The number of hydrogen-bond acceptors (Lipinski definition) is 4. The highest BCUT2D eigenvalue weighted by Gasteiger charge is 2.22. The molecule has 7 heteroatoms. The van der Waals surface area contributed by atoms with Gasteiger partial charge in [0.05, 0.1) is 18.0 Å². The van der Waals surface area contributed by atoms with Gasteiger partial charge in [-0.05, 0) is 49.4 Å². The van der Waals surface area contributed by atoms with Crippen LogP contribution in [0.1, 0.15) is 38.2 Å². The third-order valence-corrected chi connectivity index (χ3v) is 4.36. The average molecular weight is 409 g/mol. The van der Waals surface area contributed by atoms with Gasteiger partial charge in [0.2, 0.25) is 5.91 Å². The molecular weight excluding hydrogens is 385 g/mol. The van der Waals surface area contributed by atoms with E-state index in [0.717, 1.165) is 5.56 Å². The maximum atomic E-state index is 13.4. The van der Waals surface area contributed by atoms with E-state index < -0.39 is 11.4 Å². The van der Waals surface area contributed by atoms with E-state index >= 15 is 0 Å². The number of amides is 1. The zero-order valence-electron chi connectivity index (χ0n) is 17.4. The van der Waals surface area contributed by atoms with Crippen molar-refractivity contribution in [3.63, 3.8) is 0 Å². The van der Waals surface area contributed by atoms with Crippen LogP contribution in [0.25, 0.3) is 16.9 Å². The number of anilines is 1. The Balaban J connectivity index is 2.06. The molecule has 1 N–H and O–H groups in total. The molecule has 0 unspecified atom stereocenters. The van der Waals surface area contributed by atoms with Gasteiger partial charge in [0.25, 0.3) is 0 Å². The fraction of sp³-hybridized carbons (Fsp3) is 0.261. The molecule has 0 spiro atoms. The van der Waals surface area contributed by atoms with Crippen LogP contribution in [0.5, 0.6) is 0 Å². The summed E-state index contributed by atoms with van der Waals surface area (Å²) in [6.07, 6.45) is 0. The zero-order valence-corrected chi connectivity index (χ0v) is 17.4. The first kappa shape index (κ1) is 21.2. The zero-order chi connectivity index (χ0) is 21.9. The third-order valence-electron chi connectivity index (χ3n) is 4.36. The van der Waals surface area contributed by atoms with Crippen LogP contribution in [-0.2, 0) is 9.53 Å². The molecule has 1 heterocycles. The van der Waals surface area contributed by atoms with Crippen LogP contribution in [-0.4, -0.2) is 28.3 Å². The lowest BCUT2D eigenvalue weighted by Crippen LogP contribution is -2.27. The molecule has 1 amide bonds. The van der Waals surface area contributed by atoms with Crippen molar-refractivity contribution < 1.29 is 18.7 Å². The number of aromatic nitrogens is 2. The van der Waals surface area contributed by atoms with Gasteiger partial charge in [-0.25, -0.2) is 13.9 Å². The lowest BCUT2D eigenvalue weighted by molar-refractivity contribution is -0.123. The summed E-state index contributed by atoms with van der Waals surface area (Å²) in [6.45, 7) is 7.45. The summed E-state index contributed by atoms with van der Waals surface area (Å²) in [5, 5.41) is 7.27. The van der Waals surface area contributed by atoms with Crippen LogP contribution in [0, 0.1) is 11.2 Å². The largest absolute Gasteiger partial charge is 0.461 e. The molecule has 0 aliphatic carbocycles. The van der Waals surface area contributed by atoms with Crippen LogP contribution in [0.3, 0.4) is 0 Å². The Kier molecular flexibility index (Phi) is 6.01. The molecule has 1 aromatic heterocycles. The molecule has 0 aliphatic heterocycles. The van der Waals surface area contributed by atoms with E-state index in [9.17, 15) is 14.0 Å². The van der Waals surface area contributed by atoms with E-state index in [1.807, 2.05) is 26.8 Å². The number of ether oxygens (including phenoxy) is 1. The van der Waals surface area contributed by atoms with Crippen molar-refractivity contribution in [3.05, 3.63) is 66.1 Å². The summed E-state index contributed by atoms with van der Waals surface area (Å²) in [5.41, 5.74) is 2.15. The molecule has 6 nitrogen and oxygen atoms in total. The minimum Gasteiger partial charge on any atom is -0.461 e. The van der Waals surface area contributed by atoms with E-state index in [1.165, 1.54) is 12.1 Å². The lowest BCUT2D eigenvalue weighted by atomic mass is 9.95. The number of esters is 1. The molecule has 0 aliphatic rings. The normalized spacial score (nSPS) is 11.2. The molecule has 0 atom stereocenters. The molecule has 2 aromatic carbocycles. The minimum absolute atomic E-state index is 0.112. The Morgan fingerprint density at radius 1 is 1.10 bits per heavy atom. The van der Waals surface area contributed by atoms with E-state index in [0.29, 0.717) is 17.1 Å². The SMILES string of the molecule is CCOC(=O)c1cc(-c2cccc(NC(=O)C(C)(C)C)c2)n(-c2ccc(F)cc2)n1. The van der Waals surface area contributed by atoms with E-state index in [4.69, 9.17) is 4.74 Å². The number of nitrogens with zero attached hydrogens (tertiary/aromatic N) is 2. The fourth-order valence-corrected chi connectivity index (χ4v) is 2.75. The first-order chi connectivity index (χ1) is 14.2. The lowest BCUT2D eigenvalue weighted by Gasteiger charge is -2.18. The molecule has 0 fully saturated rings.